The Balaban J connectivity index is 2.01. The second-order valence-electron chi connectivity index (χ2n) is 7.96. The first kappa shape index (κ1) is 23.5. The highest BCUT2D eigenvalue weighted by Crippen LogP contribution is 2.39. The SMILES string of the molecule is CCOc1ccc(/C(O)=C2/C(=O)C(=O)N(CCCOC(C)C)C2c2ccncc2)cc1C. The maximum absolute atomic E-state index is 13.0. The molecule has 170 valence electrons. The van der Waals surface area contributed by atoms with Gasteiger partial charge in [0.05, 0.1) is 24.3 Å². The molecule has 1 aromatic heterocycles. The van der Waals surface area contributed by atoms with Crippen molar-refractivity contribution in [3.8, 4) is 5.75 Å². The molecule has 1 aliphatic heterocycles. The molecule has 1 amide bonds. The standard InChI is InChI=1S/C25H30N2O5/c1-5-31-20-8-7-19(15-17(20)4)23(28)21-22(18-9-11-26-12-10-18)27(25(30)24(21)29)13-6-14-32-16(2)3/h7-12,15-16,22,28H,5-6,13-14H2,1-4H3/b23-21-. The molecular formula is C25H30N2O5. The number of benzene rings is 1. The monoisotopic (exact) mass is 438 g/mol. The fourth-order valence-electron chi connectivity index (χ4n) is 3.83. The molecule has 2 aromatic rings. The number of hydrogen-bond acceptors (Lipinski definition) is 6. The van der Waals surface area contributed by atoms with Crippen molar-refractivity contribution in [2.24, 2.45) is 0 Å². The number of Topliss-reactive ketones (excluding diaryl/α,β-unsaturated/α-hetero) is 1. The quantitative estimate of drug-likeness (QED) is 0.275. The van der Waals surface area contributed by atoms with Crippen molar-refractivity contribution in [1.82, 2.24) is 9.88 Å². The molecule has 1 atom stereocenters. The highest BCUT2D eigenvalue weighted by Gasteiger charge is 2.45. The van der Waals surface area contributed by atoms with E-state index in [0.29, 0.717) is 43.1 Å². The largest absolute Gasteiger partial charge is 0.507 e. The van der Waals surface area contributed by atoms with Gasteiger partial charge in [-0.2, -0.15) is 0 Å². The van der Waals surface area contributed by atoms with Gasteiger partial charge in [0.1, 0.15) is 11.5 Å². The summed E-state index contributed by atoms with van der Waals surface area (Å²) in [5.74, 6) is -0.807. The van der Waals surface area contributed by atoms with Crippen molar-refractivity contribution in [3.05, 3.63) is 65.0 Å². The van der Waals surface area contributed by atoms with Crippen molar-refractivity contribution in [1.29, 1.82) is 0 Å². The van der Waals surface area contributed by atoms with E-state index in [4.69, 9.17) is 9.47 Å². The number of carbonyl (C=O) groups excluding carboxylic acids is 2. The average Bonchev–Trinajstić information content (AvgIpc) is 3.03. The lowest BCUT2D eigenvalue weighted by molar-refractivity contribution is -0.140. The van der Waals surface area contributed by atoms with Gasteiger partial charge in [0.25, 0.3) is 11.7 Å². The molecule has 0 aliphatic carbocycles. The zero-order chi connectivity index (χ0) is 23.3. The van der Waals surface area contributed by atoms with Crippen LogP contribution in [0.25, 0.3) is 5.76 Å². The van der Waals surface area contributed by atoms with Crippen LogP contribution in [-0.4, -0.2) is 52.5 Å². The fraction of sp³-hybridized carbons (Fsp3) is 0.400. The van der Waals surface area contributed by atoms with Gasteiger partial charge in [-0.05, 0) is 75.6 Å². The Morgan fingerprint density at radius 1 is 1.19 bits per heavy atom. The number of ketones is 1. The Kier molecular flexibility index (Phi) is 7.64. The number of rotatable bonds is 9. The minimum Gasteiger partial charge on any atom is -0.507 e. The van der Waals surface area contributed by atoms with E-state index in [9.17, 15) is 14.7 Å². The number of aliphatic hydroxyl groups excluding tert-OH is 1. The molecule has 1 aliphatic rings. The summed E-state index contributed by atoms with van der Waals surface area (Å²) in [4.78, 5) is 31.5. The lowest BCUT2D eigenvalue weighted by Gasteiger charge is -2.25. The van der Waals surface area contributed by atoms with Crippen LogP contribution >= 0.6 is 0 Å². The van der Waals surface area contributed by atoms with Crippen molar-refractivity contribution in [2.45, 2.75) is 46.3 Å². The van der Waals surface area contributed by atoms with Crippen LogP contribution in [0.15, 0.2) is 48.3 Å². The summed E-state index contributed by atoms with van der Waals surface area (Å²) in [6.07, 6.45) is 3.88. The summed E-state index contributed by atoms with van der Waals surface area (Å²) in [6.45, 7) is 9.00. The Labute approximate surface area is 188 Å². The Bertz CT molecular complexity index is 1000. The molecule has 0 bridgehead atoms. The summed E-state index contributed by atoms with van der Waals surface area (Å²) in [5, 5.41) is 11.1. The fourth-order valence-corrected chi connectivity index (χ4v) is 3.83. The zero-order valence-electron chi connectivity index (χ0n) is 19.0. The summed E-state index contributed by atoms with van der Waals surface area (Å²) < 4.78 is 11.2. The van der Waals surface area contributed by atoms with Crippen LogP contribution in [0.4, 0.5) is 0 Å². The summed E-state index contributed by atoms with van der Waals surface area (Å²) in [5.41, 5.74) is 2.09. The molecule has 1 unspecified atom stereocenters. The van der Waals surface area contributed by atoms with E-state index in [0.717, 1.165) is 5.56 Å². The molecule has 1 N–H and O–H groups in total. The molecule has 3 rings (SSSR count). The van der Waals surface area contributed by atoms with Crippen LogP contribution in [0.3, 0.4) is 0 Å². The molecule has 2 heterocycles. The predicted molar refractivity (Wildman–Crippen MR) is 121 cm³/mol. The summed E-state index contributed by atoms with van der Waals surface area (Å²) >= 11 is 0. The van der Waals surface area contributed by atoms with Gasteiger partial charge in [0, 0.05) is 31.1 Å². The average molecular weight is 439 g/mol. The third-order valence-corrected chi connectivity index (χ3v) is 5.30. The first-order valence-corrected chi connectivity index (χ1v) is 10.9. The van der Waals surface area contributed by atoms with Gasteiger partial charge in [-0.15, -0.1) is 0 Å². The molecule has 0 spiro atoms. The third-order valence-electron chi connectivity index (χ3n) is 5.30. The van der Waals surface area contributed by atoms with Crippen LogP contribution in [0.1, 0.15) is 49.9 Å². The Morgan fingerprint density at radius 3 is 2.53 bits per heavy atom. The molecular weight excluding hydrogens is 408 g/mol. The number of amides is 1. The number of nitrogens with zero attached hydrogens (tertiary/aromatic N) is 2. The van der Waals surface area contributed by atoms with Crippen LogP contribution < -0.4 is 4.74 Å². The minimum atomic E-state index is -0.694. The molecule has 32 heavy (non-hydrogen) atoms. The minimum absolute atomic E-state index is 0.0783. The van der Waals surface area contributed by atoms with Crippen LogP contribution in [0.2, 0.25) is 0 Å². The predicted octanol–water partition coefficient (Wildman–Crippen LogP) is 4.03. The van der Waals surface area contributed by atoms with Crippen molar-refractivity contribution >= 4 is 17.4 Å². The molecule has 0 radical (unpaired) electrons. The summed E-state index contributed by atoms with van der Waals surface area (Å²) in [6, 6.07) is 8.03. The number of aryl methyl sites for hydroxylation is 1. The Hall–Kier alpha value is -3.19. The van der Waals surface area contributed by atoms with Crippen LogP contribution in [0, 0.1) is 6.92 Å². The lowest BCUT2D eigenvalue weighted by Crippen LogP contribution is -2.31. The van der Waals surface area contributed by atoms with E-state index in [1.54, 1.807) is 42.7 Å². The smallest absolute Gasteiger partial charge is 0.295 e. The van der Waals surface area contributed by atoms with Gasteiger partial charge in [0.2, 0.25) is 0 Å². The van der Waals surface area contributed by atoms with Crippen LogP contribution in [-0.2, 0) is 14.3 Å². The molecule has 1 fully saturated rings. The lowest BCUT2D eigenvalue weighted by atomic mass is 9.95. The van der Waals surface area contributed by atoms with Gasteiger partial charge >= 0.3 is 0 Å². The number of hydrogen-bond donors (Lipinski definition) is 1. The number of likely N-dealkylation sites (tertiary alicyclic amines) is 1. The van der Waals surface area contributed by atoms with Gasteiger partial charge in [0.15, 0.2) is 0 Å². The van der Waals surface area contributed by atoms with E-state index < -0.39 is 17.7 Å². The van der Waals surface area contributed by atoms with Crippen molar-refractivity contribution in [3.63, 3.8) is 0 Å². The number of aliphatic hydroxyl groups is 1. The highest BCUT2D eigenvalue weighted by molar-refractivity contribution is 6.46. The molecule has 7 heteroatoms. The first-order chi connectivity index (χ1) is 15.3. The van der Waals surface area contributed by atoms with Crippen molar-refractivity contribution < 1.29 is 24.2 Å². The highest BCUT2D eigenvalue weighted by atomic mass is 16.5. The zero-order valence-corrected chi connectivity index (χ0v) is 19.0. The third kappa shape index (κ3) is 4.99. The van der Waals surface area contributed by atoms with Gasteiger partial charge in [-0.1, -0.05) is 0 Å². The number of pyridine rings is 1. The maximum atomic E-state index is 13.0. The number of aromatic nitrogens is 1. The molecule has 7 nitrogen and oxygen atoms in total. The molecule has 1 saturated heterocycles. The van der Waals surface area contributed by atoms with Crippen LogP contribution in [0.5, 0.6) is 5.75 Å². The Morgan fingerprint density at radius 2 is 1.91 bits per heavy atom. The van der Waals surface area contributed by atoms with Gasteiger partial charge in [-0.25, -0.2) is 0 Å². The number of carbonyl (C=O) groups is 2. The van der Waals surface area contributed by atoms with E-state index in [2.05, 4.69) is 4.98 Å². The van der Waals surface area contributed by atoms with Crippen molar-refractivity contribution in [2.75, 3.05) is 19.8 Å². The first-order valence-electron chi connectivity index (χ1n) is 10.9. The van der Waals surface area contributed by atoms with Gasteiger partial charge < -0.3 is 19.5 Å². The van der Waals surface area contributed by atoms with Gasteiger partial charge in [-0.3, -0.25) is 14.6 Å². The van der Waals surface area contributed by atoms with E-state index in [-0.39, 0.29) is 17.4 Å². The van der Waals surface area contributed by atoms with E-state index in [1.807, 2.05) is 27.7 Å². The molecule has 1 aromatic carbocycles. The normalized spacial score (nSPS) is 17.9. The maximum Gasteiger partial charge on any atom is 0.295 e. The second kappa shape index (κ2) is 10.4. The topological polar surface area (TPSA) is 89.0 Å². The second-order valence-corrected chi connectivity index (χ2v) is 7.96. The van der Waals surface area contributed by atoms with E-state index in [1.165, 1.54) is 4.90 Å². The summed E-state index contributed by atoms with van der Waals surface area (Å²) in [7, 11) is 0. The molecule has 0 saturated carbocycles. The van der Waals surface area contributed by atoms with E-state index >= 15 is 0 Å². The number of ether oxygens (including phenoxy) is 2.